The van der Waals surface area contributed by atoms with Gasteiger partial charge in [0.05, 0.1) is 6.04 Å². The summed E-state index contributed by atoms with van der Waals surface area (Å²) in [4.78, 5) is 18.2. The first-order valence-corrected chi connectivity index (χ1v) is 13.4. The Morgan fingerprint density at radius 2 is 1.72 bits per heavy atom. The number of rotatable bonds is 6. The maximum atomic E-state index is 13.0. The number of hydrogen-bond donors (Lipinski definition) is 1. The molecule has 4 rings (SSSR count). The van der Waals surface area contributed by atoms with E-state index in [0.29, 0.717) is 5.56 Å². The molecule has 1 aliphatic heterocycles. The normalized spacial score (nSPS) is 16.1. The van der Waals surface area contributed by atoms with E-state index in [4.69, 9.17) is 0 Å². The number of carbonyl (C=O) groups is 1. The quantitative estimate of drug-likeness (QED) is 0.393. The van der Waals surface area contributed by atoms with E-state index in [9.17, 15) is 4.79 Å². The summed E-state index contributed by atoms with van der Waals surface area (Å²) in [6, 6.07) is 18.6. The molecule has 32 heavy (non-hydrogen) atoms. The predicted molar refractivity (Wildman–Crippen MR) is 138 cm³/mol. The molecule has 5 heteroatoms. The Bertz CT molecular complexity index is 1050. The summed E-state index contributed by atoms with van der Waals surface area (Å²) in [5.41, 5.74) is 4.53. The van der Waals surface area contributed by atoms with Gasteiger partial charge in [0.25, 0.3) is 5.91 Å². The van der Waals surface area contributed by atoms with E-state index in [1.54, 1.807) is 23.1 Å². The van der Waals surface area contributed by atoms with E-state index in [1.807, 2.05) is 30.3 Å². The number of aryl methyl sites for hydroxylation is 1. The first-order valence-electron chi connectivity index (χ1n) is 11.3. The Morgan fingerprint density at radius 3 is 2.34 bits per heavy atom. The van der Waals surface area contributed by atoms with Gasteiger partial charge in [0.15, 0.2) is 0 Å². The van der Waals surface area contributed by atoms with Crippen LogP contribution in [0, 0.1) is 19.8 Å². The summed E-state index contributed by atoms with van der Waals surface area (Å²) in [6.07, 6.45) is 4.54. The second-order valence-corrected chi connectivity index (χ2v) is 10.8. The summed E-state index contributed by atoms with van der Waals surface area (Å²) in [5.74, 6) is 0.727. The monoisotopic (exact) mass is 464 g/mol. The molecule has 3 nitrogen and oxygen atoms in total. The van der Waals surface area contributed by atoms with Crippen LogP contribution in [0.3, 0.4) is 0 Å². The van der Waals surface area contributed by atoms with Gasteiger partial charge in [-0.1, -0.05) is 37.3 Å². The maximum Gasteiger partial charge on any atom is 0.256 e. The minimum atomic E-state index is -0.0446. The first kappa shape index (κ1) is 23.1. The molecule has 0 saturated carbocycles. The van der Waals surface area contributed by atoms with E-state index >= 15 is 0 Å². The minimum Gasteiger partial charge on any atom is -0.313 e. The topological polar surface area (TPSA) is 32.3 Å². The molecule has 1 amide bonds. The lowest BCUT2D eigenvalue weighted by atomic mass is 9.91. The highest BCUT2D eigenvalue weighted by Gasteiger charge is 2.31. The second-order valence-electron chi connectivity index (χ2n) is 8.74. The number of hydrogen-bond acceptors (Lipinski definition) is 4. The highest BCUT2D eigenvalue weighted by molar-refractivity contribution is 7.98. The van der Waals surface area contributed by atoms with Crippen molar-refractivity contribution in [3.05, 3.63) is 81.7 Å². The van der Waals surface area contributed by atoms with Crippen molar-refractivity contribution in [1.82, 2.24) is 4.90 Å². The zero-order chi connectivity index (χ0) is 22.7. The number of likely N-dealkylation sites (tertiary alicyclic amines) is 1. The Morgan fingerprint density at radius 1 is 1.06 bits per heavy atom. The average molecular weight is 465 g/mol. The third-order valence-electron chi connectivity index (χ3n) is 6.58. The zero-order valence-corrected chi connectivity index (χ0v) is 21.0. The molecule has 3 aromatic rings. The average Bonchev–Trinajstić information content (AvgIpc) is 3.09. The first-order chi connectivity index (χ1) is 15.5. The summed E-state index contributed by atoms with van der Waals surface area (Å²) < 4.78 is 0. The molecule has 1 N–H and O–H groups in total. The van der Waals surface area contributed by atoms with Crippen molar-refractivity contribution < 1.29 is 4.79 Å². The lowest BCUT2D eigenvalue weighted by molar-refractivity contribution is 0.102. The van der Waals surface area contributed by atoms with Crippen LogP contribution < -0.4 is 5.32 Å². The lowest BCUT2D eigenvalue weighted by Gasteiger charge is -2.38. The molecule has 168 valence electrons. The summed E-state index contributed by atoms with van der Waals surface area (Å²) >= 11 is 3.47. The van der Waals surface area contributed by atoms with Crippen molar-refractivity contribution >= 4 is 34.0 Å². The molecule has 1 atom stereocenters. The third-order valence-corrected chi connectivity index (χ3v) is 8.47. The van der Waals surface area contributed by atoms with Gasteiger partial charge in [-0.05, 0) is 87.3 Å². The molecule has 0 unspecified atom stereocenters. The van der Waals surface area contributed by atoms with E-state index < -0.39 is 0 Å². The van der Waals surface area contributed by atoms with Gasteiger partial charge in [0, 0.05) is 20.9 Å². The number of carbonyl (C=O) groups excluding carboxylic acids is 1. The standard InChI is InChI=1S/C27H32N2OS2/c1-18-14-16-29(17-15-18)25(21-10-12-23(31-4)13-11-21)24-19(2)20(3)32-27(24)28-26(30)22-8-6-5-7-9-22/h5-13,18,25H,14-17H2,1-4H3,(H,28,30)/t25-/m0/s1. The maximum absolute atomic E-state index is 13.0. The van der Waals surface area contributed by atoms with Crippen LogP contribution >= 0.6 is 23.1 Å². The minimum absolute atomic E-state index is 0.0446. The van der Waals surface area contributed by atoms with Crippen LogP contribution in [0.4, 0.5) is 5.00 Å². The Balaban J connectivity index is 1.75. The molecule has 1 aromatic heterocycles. The molecule has 0 aliphatic carbocycles. The number of thioether (sulfide) groups is 1. The number of thiophene rings is 1. The molecule has 0 spiro atoms. The smallest absolute Gasteiger partial charge is 0.256 e. The molecule has 1 aliphatic rings. The molecule has 2 heterocycles. The van der Waals surface area contributed by atoms with Crippen molar-refractivity contribution in [2.24, 2.45) is 5.92 Å². The highest BCUT2D eigenvalue weighted by Crippen LogP contribution is 2.43. The molecule has 0 bridgehead atoms. The van der Waals surface area contributed by atoms with E-state index in [1.165, 1.54) is 39.3 Å². The number of benzene rings is 2. The molecular weight excluding hydrogens is 432 g/mol. The fraction of sp³-hybridized carbons (Fsp3) is 0.370. The number of nitrogens with zero attached hydrogens (tertiary/aromatic N) is 1. The Hall–Kier alpha value is -2.08. The SMILES string of the molecule is CSc1ccc([C@@H](c2c(NC(=O)c3ccccc3)sc(C)c2C)N2CCC(C)CC2)cc1. The van der Waals surface area contributed by atoms with Gasteiger partial charge >= 0.3 is 0 Å². The summed E-state index contributed by atoms with van der Waals surface area (Å²) in [6.45, 7) is 8.88. The molecule has 0 radical (unpaired) electrons. The van der Waals surface area contributed by atoms with Crippen LogP contribution in [-0.4, -0.2) is 30.2 Å². The van der Waals surface area contributed by atoms with Crippen molar-refractivity contribution in [2.75, 3.05) is 24.7 Å². The van der Waals surface area contributed by atoms with Gasteiger partial charge in [-0.25, -0.2) is 0 Å². The predicted octanol–water partition coefficient (Wildman–Crippen LogP) is 7.16. The fourth-order valence-corrected chi connectivity index (χ4v) is 5.96. The van der Waals surface area contributed by atoms with Gasteiger partial charge in [-0.3, -0.25) is 9.69 Å². The molecule has 1 fully saturated rings. The summed E-state index contributed by atoms with van der Waals surface area (Å²) in [5, 5.41) is 4.24. The van der Waals surface area contributed by atoms with Gasteiger partial charge in [0.2, 0.25) is 0 Å². The van der Waals surface area contributed by atoms with E-state index in [2.05, 4.69) is 61.5 Å². The number of nitrogens with one attached hydrogen (secondary N) is 1. The van der Waals surface area contributed by atoms with Crippen LogP contribution in [0.15, 0.2) is 59.5 Å². The van der Waals surface area contributed by atoms with E-state index in [0.717, 1.165) is 24.0 Å². The lowest BCUT2D eigenvalue weighted by Crippen LogP contribution is -2.37. The summed E-state index contributed by atoms with van der Waals surface area (Å²) in [7, 11) is 0. The van der Waals surface area contributed by atoms with Gasteiger partial charge in [-0.15, -0.1) is 23.1 Å². The largest absolute Gasteiger partial charge is 0.313 e. The van der Waals surface area contributed by atoms with Crippen LogP contribution in [0.5, 0.6) is 0 Å². The van der Waals surface area contributed by atoms with Crippen LogP contribution in [-0.2, 0) is 0 Å². The molecule has 1 saturated heterocycles. The molecule has 2 aromatic carbocycles. The number of piperidine rings is 1. The fourth-order valence-electron chi connectivity index (χ4n) is 4.46. The Labute approximate surface area is 200 Å². The van der Waals surface area contributed by atoms with Crippen molar-refractivity contribution in [1.29, 1.82) is 0 Å². The Kier molecular flexibility index (Phi) is 7.39. The third kappa shape index (κ3) is 4.95. The van der Waals surface area contributed by atoms with Crippen LogP contribution in [0.25, 0.3) is 0 Å². The van der Waals surface area contributed by atoms with Gasteiger partial charge in [-0.2, -0.15) is 0 Å². The molecular formula is C27H32N2OS2. The van der Waals surface area contributed by atoms with Crippen molar-refractivity contribution in [2.45, 2.75) is 44.6 Å². The zero-order valence-electron chi connectivity index (χ0n) is 19.4. The highest BCUT2D eigenvalue weighted by atomic mass is 32.2. The second kappa shape index (κ2) is 10.2. The number of amides is 1. The van der Waals surface area contributed by atoms with Crippen molar-refractivity contribution in [3.63, 3.8) is 0 Å². The number of anilines is 1. The van der Waals surface area contributed by atoms with Gasteiger partial charge < -0.3 is 5.32 Å². The van der Waals surface area contributed by atoms with Crippen LogP contribution in [0.2, 0.25) is 0 Å². The van der Waals surface area contributed by atoms with E-state index in [-0.39, 0.29) is 11.9 Å². The van der Waals surface area contributed by atoms with Gasteiger partial charge in [0.1, 0.15) is 5.00 Å². The van der Waals surface area contributed by atoms with Crippen LogP contribution in [0.1, 0.15) is 57.7 Å². The van der Waals surface area contributed by atoms with Crippen molar-refractivity contribution in [3.8, 4) is 0 Å².